The maximum absolute atomic E-state index is 5.69. The maximum atomic E-state index is 5.69. The summed E-state index contributed by atoms with van der Waals surface area (Å²) in [6.07, 6.45) is 1.81. The highest BCUT2D eigenvalue weighted by Gasteiger charge is 2.41. The van der Waals surface area contributed by atoms with Crippen molar-refractivity contribution < 1.29 is 4.74 Å². The van der Waals surface area contributed by atoms with Crippen molar-refractivity contribution in [2.75, 3.05) is 12.0 Å². The Balaban J connectivity index is 1.79. The first-order valence-corrected chi connectivity index (χ1v) is 8.88. The van der Waals surface area contributed by atoms with E-state index in [-0.39, 0.29) is 12.1 Å². The molecule has 1 aromatic carbocycles. The van der Waals surface area contributed by atoms with Crippen LogP contribution in [0.1, 0.15) is 29.2 Å². The third kappa shape index (κ3) is 2.93. The van der Waals surface area contributed by atoms with Crippen LogP contribution in [0.3, 0.4) is 0 Å². The largest absolute Gasteiger partial charge is 0.497 e. The quantitative estimate of drug-likeness (QED) is 0.688. The fourth-order valence-electron chi connectivity index (χ4n) is 3.39. The number of aryl methyl sites for hydroxylation is 1. The second kappa shape index (κ2) is 6.80. The highest BCUT2D eigenvalue weighted by Crippen LogP contribution is 2.41. The van der Waals surface area contributed by atoms with E-state index in [9.17, 15) is 0 Å². The number of pyridine rings is 1. The van der Waals surface area contributed by atoms with Gasteiger partial charge in [-0.1, -0.05) is 6.07 Å². The molecule has 26 heavy (non-hydrogen) atoms. The monoisotopic (exact) mass is 364 g/mol. The van der Waals surface area contributed by atoms with Crippen LogP contribution in [-0.2, 0) is 0 Å². The summed E-state index contributed by atoms with van der Waals surface area (Å²) in [5.41, 5.74) is 4.19. The first kappa shape index (κ1) is 16.6. The molecular weight excluding hydrogens is 344 g/mol. The van der Waals surface area contributed by atoms with Gasteiger partial charge in [-0.3, -0.25) is 4.98 Å². The SMILES string of the molecule is COc1ccc(N2C(=S)N[C@@H](c3ccccn3)[C@@H]2c2ccc(C)[nH]2)cc1. The lowest BCUT2D eigenvalue weighted by molar-refractivity contribution is 0.415. The topological polar surface area (TPSA) is 53.2 Å². The fraction of sp³-hybridized carbons (Fsp3) is 0.200. The van der Waals surface area contributed by atoms with E-state index in [4.69, 9.17) is 17.0 Å². The molecule has 0 aliphatic carbocycles. The number of rotatable bonds is 4. The molecule has 2 aromatic heterocycles. The first-order valence-electron chi connectivity index (χ1n) is 8.47. The molecule has 0 bridgehead atoms. The van der Waals surface area contributed by atoms with Gasteiger partial charge in [0.25, 0.3) is 0 Å². The van der Waals surface area contributed by atoms with E-state index in [0.29, 0.717) is 5.11 Å². The molecule has 1 aliphatic heterocycles. The minimum Gasteiger partial charge on any atom is -0.497 e. The molecule has 1 fully saturated rings. The van der Waals surface area contributed by atoms with Crippen LogP contribution in [-0.4, -0.2) is 22.2 Å². The minimum absolute atomic E-state index is 0.0144. The van der Waals surface area contributed by atoms with Gasteiger partial charge in [0.2, 0.25) is 0 Å². The number of nitrogens with zero attached hydrogens (tertiary/aromatic N) is 2. The van der Waals surface area contributed by atoms with Crippen molar-refractivity contribution in [2.24, 2.45) is 0 Å². The van der Waals surface area contributed by atoms with Crippen molar-refractivity contribution in [3.8, 4) is 5.75 Å². The Hall–Kier alpha value is -2.86. The standard InChI is InChI=1S/C20H20N4OS/c1-13-6-11-17(22-13)19-18(16-5-3-4-12-21-16)23-20(26)24(19)14-7-9-15(25-2)10-8-14/h3-12,18-19,22H,1-2H3,(H,23,26)/t18-,19-/m0/s1. The number of aromatic amines is 1. The lowest BCUT2D eigenvalue weighted by Gasteiger charge is -2.27. The molecule has 0 saturated carbocycles. The van der Waals surface area contributed by atoms with Crippen LogP contribution in [0.25, 0.3) is 0 Å². The van der Waals surface area contributed by atoms with Gasteiger partial charge in [0.15, 0.2) is 5.11 Å². The molecule has 2 N–H and O–H groups in total. The smallest absolute Gasteiger partial charge is 0.174 e. The molecule has 132 valence electrons. The Morgan fingerprint density at radius 2 is 1.88 bits per heavy atom. The molecule has 6 heteroatoms. The molecule has 1 aliphatic rings. The van der Waals surface area contributed by atoms with E-state index in [0.717, 1.165) is 28.5 Å². The number of thiocarbonyl (C=S) groups is 1. The third-order valence-corrected chi connectivity index (χ3v) is 4.94. The zero-order valence-electron chi connectivity index (χ0n) is 14.6. The van der Waals surface area contributed by atoms with Gasteiger partial charge in [-0.25, -0.2) is 0 Å². The lowest BCUT2D eigenvalue weighted by Crippen LogP contribution is -2.29. The van der Waals surface area contributed by atoms with Crippen LogP contribution in [0.2, 0.25) is 0 Å². The molecule has 2 atom stereocenters. The Morgan fingerprint density at radius 1 is 1.08 bits per heavy atom. The highest BCUT2D eigenvalue weighted by molar-refractivity contribution is 7.80. The second-order valence-electron chi connectivity index (χ2n) is 6.29. The zero-order chi connectivity index (χ0) is 18.1. The average Bonchev–Trinajstić information content (AvgIpc) is 3.25. The number of benzene rings is 1. The predicted molar refractivity (Wildman–Crippen MR) is 106 cm³/mol. The maximum Gasteiger partial charge on any atom is 0.174 e. The summed E-state index contributed by atoms with van der Waals surface area (Å²) in [6.45, 7) is 2.05. The number of hydrogen-bond acceptors (Lipinski definition) is 3. The van der Waals surface area contributed by atoms with Crippen LogP contribution in [0.5, 0.6) is 5.75 Å². The molecule has 5 nitrogen and oxygen atoms in total. The van der Waals surface area contributed by atoms with Crippen LogP contribution in [0, 0.1) is 6.92 Å². The minimum atomic E-state index is -0.0381. The van der Waals surface area contributed by atoms with Crippen molar-refractivity contribution in [3.05, 3.63) is 77.9 Å². The second-order valence-corrected chi connectivity index (χ2v) is 6.68. The van der Waals surface area contributed by atoms with Gasteiger partial charge >= 0.3 is 0 Å². The van der Waals surface area contributed by atoms with Gasteiger partial charge < -0.3 is 19.9 Å². The van der Waals surface area contributed by atoms with Crippen molar-refractivity contribution in [1.29, 1.82) is 0 Å². The molecule has 0 spiro atoms. The van der Waals surface area contributed by atoms with Crippen molar-refractivity contribution >= 4 is 23.0 Å². The Morgan fingerprint density at radius 3 is 2.50 bits per heavy atom. The van der Waals surface area contributed by atoms with Crippen LogP contribution >= 0.6 is 12.2 Å². The molecule has 1 saturated heterocycles. The summed E-state index contributed by atoms with van der Waals surface area (Å²) in [6, 6.07) is 18.0. The number of H-pyrrole nitrogens is 1. The van der Waals surface area contributed by atoms with Crippen LogP contribution in [0.15, 0.2) is 60.8 Å². The number of methoxy groups -OCH3 is 1. The number of nitrogens with one attached hydrogen (secondary N) is 2. The number of ether oxygens (including phenoxy) is 1. The number of hydrogen-bond donors (Lipinski definition) is 2. The lowest BCUT2D eigenvalue weighted by atomic mass is 10.0. The van der Waals surface area contributed by atoms with E-state index in [1.807, 2.05) is 48.7 Å². The molecule has 0 unspecified atom stereocenters. The van der Waals surface area contributed by atoms with Gasteiger partial charge in [0.05, 0.1) is 18.8 Å². The Labute approximate surface area is 158 Å². The predicted octanol–water partition coefficient (Wildman–Crippen LogP) is 3.90. The van der Waals surface area contributed by atoms with Gasteiger partial charge in [0, 0.05) is 23.3 Å². The number of anilines is 1. The summed E-state index contributed by atoms with van der Waals surface area (Å²) < 4.78 is 5.28. The Bertz CT molecular complexity index is 907. The Kier molecular flexibility index (Phi) is 4.34. The van der Waals surface area contributed by atoms with Gasteiger partial charge in [0.1, 0.15) is 11.8 Å². The van der Waals surface area contributed by atoms with Crippen molar-refractivity contribution in [2.45, 2.75) is 19.0 Å². The summed E-state index contributed by atoms with van der Waals surface area (Å²) in [7, 11) is 1.67. The molecule has 4 rings (SSSR count). The highest BCUT2D eigenvalue weighted by atomic mass is 32.1. The van der Waals surface area contributed by atoms with E-state index in [1.165, 1.54) is 0 Å². The normalized spacial score (nSPS) is 19.5. The molecular formula is C20H20N4OS. The van der Waals surface area contributed by atoms with E-state index < -0.39 is 0 Å². The van der Waals surface area contributed by atoms with Crippen LogP contribution < -0.4 is 15.0 Å². The first-order chi connectivity index (χ1) is 12.7. The van der Waals surface area contributed by atoms with E-state index in [2.05, 4.69) is 39.2 Å². The van der Waals surface area contributed by atoms with E-state index >= 15 is 0 Å². The van der Waals surface area contributed by atoms with Crippen molar-refractivity contribution in [3.63, 3.8) is 0 Å². The fourth-order valence-corrected chi connectivity index (χ4v) is 3.74. The summed E-state index contributed by atoms with van der Waals surface area (Å²) in [5.74, 6) is 0.820. The van der Waals surface area contributed by atoms with Gasteiger partial charge in [-0.05, 0) is 67.7 Å². The third-order valence-electron chi connectivity index (χ3n) is 4.62. The summed E-state index contributed by atoms with van der Waals surface area (Å²) in [5, 5.41) is 4.13. The summed E-state index contributed by atoms with van der Waals surface area (Å²) in [4.78, 5) is 10.2. The molecule has 0 amide bonds. The average molecular weight is 364 g/mol. The van der Waals surface area contributed by atoms with Gasteiger partial charge in [-0.2, -0.15) is 0 Å². The van der Waals surface area contributed by atoms with Gasteiger partial charge in [-0.15, -0.1) is 0 Å². The van der Waals surface area contributed by atoms with Crippen molar-refractivity contribution in [1.82, 2.24) is 15.3 Å². The van der Waals surface area contributed by atoms with Crippen LogP contribution in [0.4, 0.5) is 5.69 Å². The molecule has 3 aromatic rings. The number of aromatic nitrogens is 2. The zero-order valence-corrected chi connectivity index (χ0v) is 15.5. The molecule has 3 heterocycles. The molecule has 0 radical (unpaired) electrons. The van der Waals surface area contributed by atoms with E-state index in [1.54, 1.807) is 7.11 Å². The summed E-state index contributed by atoms with van der Waals surface area (Å²) >= 11 is 5.69.